The van der Waals surface area contributed by atoms with Gasteiger partial charge in [0, 0.05) is 22.8 Å². The predicted octanol–water partition coefficient (Wildman–Crippen LogP) is 4.65. The fraction of sp³-hybridized carbons (Fsp3) is 0.188. The van der Waals surface area contributed by atoms with Crippen LogP contribution in [0.4, 0.5) is 11.4 Å². The van der Waals surface area contributed by atoms with E-state index in [0.717, 1.165) is 22.1 Å². The molecule has 0 aliphatic heterocycles. The molecule has 98 valence electrons. The molecular formula is C16H16BrNO. The SMILES string of the molecule is Cc1ccc(N(C)c2cc(Br)ccc2C=O)c(C)c1. The van der Waals surface area contributed by atoms with Gasteiger partial charge >= 0.3 is 0 Å². The Labute approximate surface area is 122 Å². The van der Waals surface area contributed by atoms with E-state index < -0.39 is 0 Å². The minimum Gasteiger partial charge on any atom is -0.344 e. The second-order valence-electron chi connectivity index (χ2n) is 4.67. The van der Waals surface area contributed by atoms with E-state index >= 15 is 0 Å². The fourth-order valence-electron chi connectivity index (χ4n) is 2.22. The Kier molecular flexibility index (Phi) is 4.05. The number of aldehydes is 1. The molecule has 0 spiro atoms. The lowest BCUT2D eigenvalue weighted by molar-refractivity contribution is 0.112. The van der Waals surface area contributed by atoms with Crippen molar-refractivity contribution in [2.24, 2.45) is 0 Å². The highest BCUT2D eigenvalue weighted by molar-refractivity contribution is 9.10. The van der Waals surface area contributed by atoms with Crippen LogP contribution >= 0.6 is 15.9 Å². The summed E-state index contributed by atoms with van der Waals surface area (Å²) in [6.45, 7) is 4.16. The average Bonchev–Trinajstić information content (AvgIpc) is 2.38. The van der Waals surface area contributed by atoms with Crippen molar-refractivity contribution in [1.29, 1.82) is 0 Å². The van der Waals surface area contributed by atoms with Crippen LogP contribution in [0.3, 0.4) is 0 Å². The van der Waals surface area contributed by atoms with Crippen LogP contribution in [0.25, 0.3) is 0 Å². The van der Waals surface area contributed by atoms with Crippen molar-refractivity contribution in [1.82, 2.24) is 0 Å². The number of rotatable bonds is 3. The number of hydrogen-bond donors (Lipinski definition) is 0. The quantitative estimate of drug-likeness (QED) is 0.768. The Morgan fingerprint density at radius 3 is 2.42 bits per heavy atom. The molecule has 0 bridgehead atoms. The molecule has 19 heavy (non-hydrogen) atoms. The summed E-state index contributed by atoms with van der Waals surface area (Å²) in [5.41, 5.74) is 5.12. The zero-order valence-electron chi connectivity index (χ0n) is 11.3. The van der Waals surface area contributed by atoms with Gasteiger partial charge in [-0.2, -0.15) is 0 Å². The van der Waals surface area contributed by atoms with Crippen LogP contribution in [0.2, 0.25) is 0 Å². The summed E-state index contributed by atoms with van der Waals surface area (Å²) >= 11 is 3.45. The van der Waals surface area contributed by atoms with Crippen molar-refractivity contribution in [3.63, 3.8) is 0 Å². The molecule has 0 fully saturated rings. The first kappa shape index (κ1) is 13.8. The first-order valence-electron chi connectivity index (χ1n) is 6.08. The van der Waals surface area contributed by atoms with Gasteiger partial charge in [0.1, 0.15) is 0 Å². The molecule has 0 amide bonds. The van der Waals surface area contributed by atoms with Gasteiger partial charge in [0.25, 0.3) is 0 Å². The molecule has 0 radical (unpaired) electrons. The normalized spacial score (nSPS) is 10.3. The number of carbonyl (C=O) groups is 1. The van der Waals surface area contributed by atoms with Crippen molar-refractivity contribution in [2.75, 3.05) is 11.9 Å². The smallest absolute Gasteiger partial charge is 0.152 e. The number of anilines is 2. The molecule has 2 aromatic carbocycles. The Balaban J connectivity index is 2.51. The minimum absolute atomic E-state index is 0.686. The first-order chi connectivity index (χ1) is 9.02. The minimum atomic E-state index is 0.686. The van der Waals surface area contributed by atoms with Crippen molar-refractivity contribution in [3.8, 4) is 0 Å². The second kappa shape index (κ2) is 5.57. The molecule has 0 aromatic heterocycles. The van der Waals surface area contributed by atoms with Crippen LogP contribution in [0, 0.1) is 13.8 Å². The largest absolute Gasteiger partial charge is 0.344 e. The average molecular weight is 318 g/mol. The lowest BCUT2D eigenvalue weighted by atomic mass is 10.1. The third-order valence-corrected chi connectivity index (χ3v) is 3.69. The molecule has 0 saturated carbocycles. The number of carbonyl (C=O) groups excluding carboxylic acids is 1. The summed E-state index contributed by atoms with van der Waals surface area (Å²) in [4.78, 5) is 13.2. The fourth-order valence-corrected chi connectivity index (χ4v) is 2.57. The van der Waals surface area contributed by atoms with Crippen LogP contribution in [0.15, 0.2) is 40.9 Å². The number of benzene rings is 2. The molecule has 0 N–H and O–H groups in total. The molecule has 2 nitrogen and oxygen atoms in total. The summed E-state index contributed by atoms with van der Waals surface area (Å²) in [6, 6.07) is 12.0. The van der Waals surface area contributed by atoms with E-state index in [4.69, 9.17) is 0 Å². The van der Waals surface area contributed by atoms with Crippen LogP contribution in [0.5, 0.6) is 0 Å². The van der Waals surface area contributed by atoms with Gasteiger partial charge in [-0.05, 0) is 43.7 Å². The molecule has 0 aliphatic carbocycles. The maximum atomic E-state index is 11.2. The topological polar surface area (TPSA) is 20.3 Å². The third kappa shape index (κ3) is 2.87. The van der Waals surface area contributed by atoms with Crippen molar-refractivity contribution in [2.45, 2.75) is 13.8 Å². The lowest BCUT2D eigenvalue weighted by Gasteiger charge is -2.23. The molecule has 2 aromatic rings. The number of aryl methyl sites for hydroxylation is 2. The molecule has 3 heteroatoms. The molecule has 0 atom stereocenters. The Hall–Kier alpha value is -1.61. The third-order valence-electron chi connectivity index (χ3n) is 3.19. The predicted molar refractivity (Wildman–Crippen MR) is 83.5 cm³/mol. The second-order valence-corrected chi connectivity index (χ2v) is 5.59. The van der Waals surface area contributed by atoms with Gasteiger partial charge in [0.15, 0.2) is 6.29 Å². The first-order valence-corrected chi connectivity index (χ1v) is 6.88. The number of halogens is 1. The van der Waals surface area contributed by atoms with Crippen molar-refractivity contribution >= 4 is 33.6 Å². The summed E-state index contributed by atoms with van der Waals surface area (Å²) in [5, 5.41) is 0. The van der Waals surface area contributed by atoms with E-state index in [2.05, 4.69) is 48.0 Å². The van der Waals surface area contributed by atoms with E-state index in [1.165, 1.54) is 11.1 Å². The highest BCUT2D eigenvalue weighted by atomic mass is 79.9. The monoisotopic (exact) mass is 317 g/mol. The molecule has 0 unspecified atom stereocenters. The van der Waals surface area contributed by atoms with Gasteiger partial charge in [0.2, 0.25) is 0 Å². The van der Waals surface area contributed by atoms with Crippen LogP contribution in [-0.4, -0.2) is 13.3 Å². The highest BCUT2D eigenvalue weighted by Crippen LogP contribution is 2.31. The zero-order valence-corrected chi connectivity index (χ0v) is 12.9. The van der Waals surface area contributed by atoms with E-state index in [1.54, 1.807) is 0 Å². The van der Waals surface area contributed by atoms with Crippen LogP contribution < -0.4 is 4.90 Å². The number of hydrogen-bond acceptors (Lipinski definition) is 2. The highest BCUT2D eigenvalue weighted by Gasteiger charge is 2.11. The van der Waals surface area contributed by atoms with Gasteiger partial charge in [-0.15, -0.1) is 0 Å². The Bertz CT molecular complexity index is 622. The van der Waals surface area contributed by atoms with Crippen LogP contribution in [0.1, 0.15) is 21.5 Å². The molecule has 2 rings (SSSR count). The van der Waals surface area contributed by atoms with Gasteiger partial charge in [0.05, 0.1) is 5.69 Å². The maximum Gasteiger partial charge on any atom is 0.152 e. The molecule has 0 saturated heterocycles. The Morgan fingerprint density at radius 1 is 1.05 bits per heavy atom. The van der Waals surface area contributed by atoms with E-state index in [9.17, 15) is 4.79 Å². The molecule has 0 aliphatic rings. The molecular weight excluding hydrogens is 302 g/mol. The Morgan fingerprint density at radius 2 is 1.79 bits per heavy atom. The summed E-state index contributed by atoms with van der Waals surface area (Å²) in [5.74, 6) is 0. The summed E-state index contributed by atoms with van der Waals surface area (Å²) < 4.78 is 0.963. The van der Waals surface area contributed by atoms with E-state index in [0.29, 0.717) is 5.56 Å². The maximum absolute atomic E-state index is 11.2. The van der Waals surface area contributed by atoms with Crippen LogP contribution in [-0.2, 0) is 0 Å². The lowest BCUT2D eigenvalue weighted by Crippen LogP contribution is -2.13. The van der Waals surface area contributed by atoms with Gasteiger partial charge in [-0.3, -0.25) is 4.79 Å². The van der Waals surface area contributed by atoms with Gasteiger partial charge < -0.3 is 4.90 Å². The van der Waals surface area contributed by atoms with Crippen molar-refractivity contribution in [3.05, 3.63) is 57.6 Å². The molecule has 0 heterocycles. The summed E-state index contributed by atoms with van der Waals surface area (Å²) in [7, 11) is 1.98. The van der Waals surface area contributed by atoms with E-state index in [1.807, 2.05) is 30.1 Å². The number of nitrogens with zero attached hydrogens (tertiary/aromatic N) is 1. The summed E-state index contributed by atoms with van der Waals surface area (Å²) in [6.07, 6.45) is 0.891. The van der Waals surface area contributed by atoms with Gasteiger partial charge in [-0.1, -0.05) is 33.6 Å². The van der Waals surface area contributed by atoms with Gasteiger partial charge in [-0.25, -0.2) is 0 Å². The van der Waals surface area contributed by atoms with Crippen molar-refractivity contribution < 1.29 is 4.79 Å². The van der Waals surface area contributed by atoms with E-state index in [-0.39, 0.29) is 0 Å². The standard InChI is InChI=1S/C16H16BrNO/c1-11-4-7-15(12(2)8-11)18(3)16-9-14(17)6-5-13(16)10-19/h4-10H,1-3H3. The zero-order chi connectivity index (χ0) is 14.0.